The third kappa shape index (κ3) is 4.73. The van der Waals surface area contributed by atoms with Crippen LogP contribution < -0.4 is 10.6 Å². The van der Waals surface area contributed by atoms with Crippen molar-refractivity contribution < 1.29 is 4.79 Å². The Hall–Kier alpha value is -4.57. The van der Waals surface area contributed by atoms with Gasteiger partial charge in [-0.05, 0) is 62.9 Å². The van der Waals surface area contributed by atoms with Crippen LogP contribution in [-0.4, -0.2) is 65.7 Å². The summed E-state index contributed by atoms with van der Waals surface area (Å²) in [6, 6.07) is 7.48. The molecule has 0 bridgehead atoms. The Balaban J connectivity index is 1.68. The van der Waals surface area contributed by atoms with E-state index in [1.807, 2.05) is 65.8 Å². The van der Waals surface area contributed by atoms with Crippen LogP contribution in [0.15, 0.2) is 54.1 Å². The van der Waals surface area contributed by atoms with Gasteiger partial charge in [-0.1, -0.05) is 44.2 Å². The van der Waals surface area contributed by atoms with Crippen molar-refractivity contribution in [2.75, 3.05) is 18.0 Å². The number of amides is 1. The predicted octanol–water partition coefficient (Wildman–Crippen LogP) is 5.72. The second kappa shape index (κ2) is 11.2. The summed E-state index contributed by atoms with van der Waals surface area (Å²) in [4.78, 5) is 45.2. The van der Waals surface area contributed by atoms with E-state index in [0.29, 0.717) is 46.3 Å². The molecule has 1 fully saturated rings. The van der Waals surface area contributed by atoms with Crippen LogP contribution in [-0.2, 0) is 4.79 Å². The van der Waals surface area contributed by atoms with Crippen LogP contribution in [0, 0.1) is 13.8 Å². The Morgan fingerprint density at radius 3 is 2.61 bits per heavy atom. The van der Waals surface area contributed by atoms with Crippen molar-refractivity contribution in [1.82, 2.24) is 34.6 Å². The minimum absolute atomic E-state index is 0.0376. The highest BCUT2D eigenvalue weighted by Gasteiger charge is 2.34. The fourth-order valence-corrected chi connectivity index (χ4v) is 6.50. The van der Waals surface area contributed by atoms with Crippen LogP contribution in [0.3, 0.4) is 0 Å². The van der Waals surface area contributed by atoms with E-state index in [0.717, 1.165) is 33.3 Å². The summed E-state index contributed by atoms with van der Waals surface area (Å²) in [5.74, 6) is 0.398. The molecule has 0 radical (unpaired) electrons. The van der Waals surface area contributed by atoms with Crippen LogP contribution in [0.25, 0.3) is 38.9 Å². The molecular formula is C33H35ClN8O2. The number of piperazine rings is 1. The number of aromatic nitrogens is 6. The number of fused-ring (bicyclic) bond motifs is 2. The molecule has 1 aliphatic heterocycles. The number of hydrogen-bond donors (Lipinski definition) is 1. The number of halogens is 1. The van der Waals surface area contributed by atoms with Gasteiger partial charge in [0.1, 0.15) is 5.82 Å². The van der Waals surface area contributed by atoms with Gasteiger partial charge in [-0.25, -0.2) is 14.3 Å². The van der Waals surface area contributed by atoms with Gasteiger partial charge in [0.25, 0.3) is 0 Å². The molecule has 4 aromatic heterocycles. The lowest BCUT2D eigenvalue weighted by atomic mass is 10.0. The van der Waals surface area contributed by atoms with Crippen molar-refractivity contribution in [3.8, 4) is 16.9 Å². The van der Waals surface area contributed by atoms with Gasteiger partial charge >= 0.3 is 5.69 Å². The molecule has 5 aromatic rings. The average Bonchev–Trinajstić information content (AvgIpc) is 3.47. The van der Waals surface area contributed by atoms with Gasteiger partial charge in [0.15, 0.2) is 5.65 Å². The summed E-state index contributed by atoms with van der Waals surface area (Å²) in [5, 5.41) is 9.33. The monoisotopic (exact) mass is 610 g/mol. The fraction of sp³-hybridized carbons (Fsp3) is 0.333. The molecule has 1 amide bonds. The van der Waals surface area contributed by atoms with Crippen LogP contribution in [0.1, 0.15) is 50.4 Å². The van der Waals surface area contributed by atoms with E-state index in [1.165, 1.54) is 6.08 Å². The maximum Gasteiger partial charge on any atom is 0.355 e. The molecule has 1 saturated heterocycles. The van der Waals surface area contributed by atoms with Crippen LogP contribution in [0.2, 0.25) is 5.02 Å². The SMILES string of the molecule is C=CC(=O)N1C[C@H](C)N(c2nc(=O)n(-c3c(C)ccnc3C(C)C)c3nc(-c4c(C)ccc5cn[nH]c45)c(Cl)cc23)C[C@H]1C. The van der Waals surface area contributed by atoms with Crippen LogP contribution in [0.4, 0.5) is 5.82 Å². The van der Waals surface area contributed by atoms with Gasteiger partial charge in [0.2, 0.25) is 5.91 Å². The summed E-state index contributed by atoms with van der Waals surface area (Å²) < 4.78 is 1.57. The van der Waals surface area contributed by atoms with Crippen molar-refractivity contribution in [1.29, 1.82) is 0 Å². The van der Waals surface area contributed by atoms with Crippen molar-refractivity contribution in [2.24, 2.45) is 0 Å². The number of aromatic amines is 1. The Labute approximate surface area is 260 Å². The van der Waals surface area contributed by atoms with Crippen molar-refractivity contribution >= 4 is 45.3 Å². The summed E-state index contributed by atoms with van der Waals surface area (Å²) in [5.41, 5.74) is 5.40. The first-order valence-electron chi connectivity index (χ1n) is 14.7. The highest BCUT2D eigenvalue weighted by Crippen LogP contribution is 2.39. The lowest BCUT2D eigenvalue weighted by Gasteiger charge is -2.44. The normalized spacial score (nSPS) is 17.2. The molecule has 1 aromatic carbocycles. The highest BCUT2D eigenvalue weighted by atomic mass is 35.5. The topological polar surface area (TPSA) is 113 Å². The minimum atomic E-state index is -0.466. The number of aryl methyl sites for hydroxylation is 2. The molecule has 0 spiro atoms. The third-order valence-corrected chi connectivity index (χ3v) is 8.79. The molecule has 11 heteroatoms. The molecule has 0 aliphatic carbocycles. The number of nitrogens with zero attached hydrogens (tertiary/aromatic N) is 7. The first-order valence-corrected chi connectivity index (χ1v) is 15.1. The van der Waals surface area contributed by atoms with Crippen LogP contribution >= 0.6 is 11.6 Å². The maximum absolute atomic E-state index is 14.2. The molecule has 44 heavy (non-hydrogen) atoms. The molecule has 10 nitrogen and oxygen atoms in total. The molecule has 0 saturated carbocycles. The fourth-order valence-electron chi connectivity index (χ4n) is 6.25. The number of pyridine rings is 2. The van der Waals surface area contributed by atoms with Gasteiger partial charge < -0.3 is 9.80 Å². The van der Waals surface area contributed by atoms with Crippen LogP contribution in [0.5, 0.6) is 0 Å². The number of benzene rings is 1. The van der Waals surface area contributed by atoms with Gasteiger partial charge in [0, 0.05) is 42.3 Å². The standard InChI is InChI=1S/C33H35ClN8O2/c1-8-25(43)40-15-21(7)41(16-20(40)6)31-23-13-24(34)29(26-18(4)9-10-22-14-36-39-28(22)26)37-32(23)42(33(44)38-31)30-19(5)11-12-35-27(30)17(2)3/h8-14,17,20-21H,1,15-16H2,2-7H3,(H,36,39)/t20-,21+/m1/s1. The number of hydrogen-bond acceptors (Lipinski definition) is 7. The largest absolute Gasteiger partial charge is 0.355 e. The molecule has 5 heterocycles. The molecule has 2 atom stereocenters. The number of rotatable bonds is 5. The molecule has 0 unspecified atom stereocenters. The summed E-state index contributed by atoms with van der Waals surface area (Å²) >= 11 is 7.08. The van der Waals surface area contributed by atoms with Gasteiger partial charge in [-0.2, -0.15) is 10.1 Å². The van der Waals surface area contributed by atoms with Gasteiger partial charge in [-0.3, -0.25) is 14.9 Å². The maximum atomic E-state index is 14.2. The average molecular weight is 611 g/mol. The number of carbonyl (C=O) groups excluding carboxylic acids is 1. The summed E-state index contributed by atoms with van der Waals surface area (Å²) in [6.07, 6.45) is 4.86. The van der Waals surface area contributed by atoms with E-state index >= 15 is 0 Å². The number of carbonyl (C=O) groups is 1. The molecular weight excluding hydrogens is 576 g/mol. The zero-order valence-corrected chi connectivity index (χ0v) is 26.5. The number of nitrogens with one attached hydrogen (secondary N) is 1. The molecule has 226 valence electrons. The summed E-state index contributed by atoms with van der Waals surface area (Å²) in [7, 11) is 0. The van der Waals surface area contributed by atoms with E-state index in [1.54, 1.807) is 21.9 Å². The van der Waals surface area contributed by atoms with E-state index in [4.69, 9.17) is 16.6 Å². The predicted molar refractivity (Wildman–Crippen MR) is 175 cm³/mol. The molecule has 6 rings (SSSR count). The van der Waals surface area contributed by atoms with Crippen molar-refractivity contribution in [3.05, 3.63) is 81.6 Å². The molecule has 1 N–H and O–H groups in total. The lowest BCUT2D eigenvalue weighted by molar-refractivity contribution is -0.128. The van der Waals surface area contributed by atoms with Gasteiger partial charge in [-0.15, -0.1) is 0 Å². The zero-order chi connectivity index (χ0) is 31.4. The minimum Gasteiger partial charge on any atom is -0.349 e. The Kier molecular flexibility index (Phi) is 7.49. The van der Waals surface area contributed by atoms with E-state index in [9.17, 15) is 9.59 Å². The Morgan fingerprint density at radius 1 is 1.11 bits per heavy atom. The second-order valence-electron chi connectivity index (χ2n) is 11.9. The van der Waals surface area contributed by atoms with Crippen molar-refractivity contribution in [2.45, 2.75) is 59.5 Å². The van der Waals surface area contributed by atoms with E-state index in [2.05, 4.69) is 31.6 Å². The number of H-pyrrole nitrogens is 1. The smallest absolute Gasteiger partial charge is 0.349 e. The Bertz CT molecular complexity index is 2010. The van der Waals surface area contributed by atoms with E-state index < -0.39 is 5.69 Å². The van der Waals surface area contributed by atoms with E-state index in [-0.39, 0.29) is 23.9 Å². The van der Waals surface area contributed by atoms with Gasteiger partial charge in [0.05, 0.1) is 39.2 Å². The lowest BCUT2D eigenvalue weighted by Crippen LogP contribution is -2.58. The third-order valence-electron chi connectivity index (χ3n) is 8.50. The first-order chi connectivity index (χ1) is 21.0. The molecule has 1 aliphatic rings. The highest BCUT2D eigenvalue weighted by molar-refractivity contribution is 6.34. The zero-order valence-electron chi connectivity index (χ0n) is 25.7. The van der Waals surface area contributed by atoms with Crippen molar-refractivity contribution in [3.63, 3.8) is 0 Å². The quantitative estimate of drug-likeness (QED) is 0.253. The Morgan fingerprint density at radius 2 is 1.89 bits per heavy atom. The summed E-state index contributed by atoms with van der Waals surface area (Å²) in [6.45, 7) is 16.6. The first kappa shape index (κ1) is 29.5. The second-order valence-corrected chi connectivity index (χ2v) is 12.3. The number of anilines is 1.